The second kappa shape index (κ2) is 10.6. The molecule has 11 heteroatoms. The number of anilines is 1. The van der Waals surface area contributed by atoms with Crippen molar-refractivity contribution in [1.29, 1.82) is 0 Å². The second-order valence-electron chi connectivity index (χ2n) is 8.96. The van der Waals surface area contributed by atoms with Gasteiger partial charge in [0.2, 0.25) is 0 Å². The average Bonchev–Trinajstić information content (AvgIpc) is 3.58. The molecule has 2 unspecified atom stereocenters. The number of rotatable bonds is 7. The van der Waals surface area contributed by atoms with Crippen LogP contribution in [0.3, 0.4) is 0 Å². The minimum absolute atomic E-state index is 0.116. The van der Waals surface area contributed by atoms with Gasteiger partial charge >= 0.3 is 0 Å². The molecule has 0 saturated carbocycles. The third kappa shape index (κ3) is 5.25. The third-order valence-corrected chi connectivity index (χ3v) is 6.98. The number of likely N-dealkylation sites (tertiary alicyclic amines) is 1. The summed E-state index contributed by atoms with van der Waals surface area (Å²) in [6, 6.07) is 6.28. The van der Waals surface area contributed by atoms with Gasteiger partial charge in [0.25, 0.3) is 17.1 Å². The number of carbonyl (C=O) groups is 1. The van der Waals surface area contributed by atoms with E-state index in [0.717, 1.165) is 24.2 Å². The van der Waals surface area contributed by atoms with Crippen LogP contribution in [0, 0.1) is 0 Å². The number of furan rings is 1. The standard InChI is InChI=1S/C24H31N5O5S/c1-4-18(20-11-15(13-34-20)14(2)3)25-22-23(28-35(33)27-22)26-19-9-5-8-17(21(19)31)24(32)29-10-6-7-16(29)12-30/h5,8-9,11,13-14,16,18,30-31H,4,6-7,10,12H2,1-3H3,(H,25,27)(H,26,28)/t16?,18-,35?/m1/s1. The van der Waals surface area contributed by atoms with Crippen LogP contribution in [-0.2, 0) is 11.2 Å². The number of aliphatic hydroxyl groups is 1. The molecule has 4 N–H and O–H groups in total. The highest BCUT2D eigenvalue weighted by molar-refractivity contribution is 7.83. The maximum atomic E-state index is 13.0. The first-order valence-electron chi connectivity index (χ1n) is 11.8. The number of amides is 1. The number of phenols is 1. The summed E-state index contributed by atoms with van der Waals surface area (Å²) in [7, 11) is 0. The van der Waals surface area contributed by atoms with E-state index in [9.17, 15) is 19.2 Å². The van der Waals surface area contributed by atoms with Crippen molar-refractivity contribution in [3.05, 3.63) is 47.4 Å². The molecule has 4 rings (SSSR count). The van der Waals surface area contributed by atoms with Crippen molar-refractivity contribution < 1.29 is 23.6 Å². The van der Waals surface area contributed by atoms with Crippen molar-refractivity contribution in [2.45, 2.75) is 58.0 Å². The lowest BCUT2D eigenvalue weighted by molar-refractivity contribution is 0.0674. The van der Waals surface area contributed by atoms with Gasteiger partial charge in [0, 0.05) is 6.54 Å². The molecule has 1 amide bonds. The van der Waals surface area contributed by atoms with E-state index in [-0.39, 0.29) is 53.3 Å². The maximum Gasteiger partial charge on any atom is 0.269 e. The fraction of sp³-hybridized carbons (Fsp3) is 0.458. The zero-order chi connectivity index (χ0) is 25.1. The number of aromatic hydroxyl groups is 1. The van der Waals surface area contributed by atoms with Crippen molar-refractivity contribution in [3.8, 4) is 5.75 Å². The fourth-order valence-corrected chi connectivity index (χ4v) is 4.85. The summed E-state index contributed by atoms with van der Waals surface area (Å²) in [5.41, 5.74) is 1.43. The normalized spacial score (nSPS) is 20.7. The van der Waals surface area contributed by atoms with E-state index in [1.807, 2.05) is 13.0 Å². The van der Waals surface area contributed by atoms with E-state index in [4.69, 9.17) is 4.42 Å². The van der Waals surface area contributed by atoms with E-state index in [2.05, 4.69) is 33.3 Å². The molecule has 1 saturated heterocycles. The van der Waals surface area contributed by atoms with Crippen LogP contribution < -0.4 is 10.6 Å². The maximum absolute atomic E-state index is 13.0. The Bertz CT molecular complexity index is 1170. The number of hydrogen-bond donors (Lipinski definition) is 4. The summed E-state index contributed by atoms with van der Waals surface area (Å²) in [6.07, 6.45) is 3.94. The minimum atomic E-state index is -1.83. The summed E-state index contributed by atoms with van der Waals surface area (Å²) in [6.45, 7) is 6.56. The molecule has 1 fully saturated rings. The van der Waals surface area contributed by atoms with Gasteiger partial charge in [0.05, 0.1) is 36.2 Å². The third-order valence-electron chi connectivity index (χ3n) is 6.30. The van der Waals surface area contributed by atoms with Crippen molar-refractivity contribution in [3.63, 3.8) is 0 Å². The Balaban J connectivity index is 1.53. The van der Waals surface area contributed by atoms with Crippen molar-refractivity contribution in [1.82, 2.24) is 10.2 Å². The van der Waals surface area contributed by atoms with E-state index < -0.39 is 11.2 Å². The Labute approximate surface area is 206 Å². The quantitative estimate of drug-likeness (QED) is 0.427. The van der Waals surface area contributed by atoms with E-state index in [0.29, 0.717) is 18.9 Å². The molecule has 0 bridgehead atoms. The lowest BCUT2D eigenvalue weighted by atomic mass is 10.1. The Morgan fingerprint density at radius 1 is 1.31 bits per heavy atom. The summed E-state index contributed by atoms with van der Waals surface area (Å²) in [5.74, 6) is 0.916. The Morgan fingerprint density at radius 2 is 2.09 bits per heavy atom. The molecule has 0 radical (unpaired) electrons. The molecular formula is C24H31N5O5S. The van der Waals surface area contributed by atoms with Crippen molar-refractivity contribution in [2.75, 3.05) is 18.5 Å². The first kappa shape index (κ1) is 24.9. The van der Waals surface area contributed by atoms with E-state index in [1.165, 1.54) is 6.07 Å². The number of benzene rings is 1. The molecular weight excluding hydrogens is 470 g/mol. The van der Waals surface area contributed by atoms with E-state index in [1.54, 1.807) is 23.3 Å². The number of phenolic OH excluding ortho intramolecular Hbond substituents is 1. The molecule has 35 heavy (non-hydrogen) atoms. The van der Waals surface area contributed by atoms with Crippen LogP contribution in [0.5, 0.6) is 5.75 Å². The van der Waals surface area contributed by atoms with Crippen LogP contribution in [0.4, 0.5) is 5.69 Å². The number of para-hydroxylation sites is 1. The van der Waals surface area contributed by atoms with Gasteiger partial charge in [-0.2, -0.15) is 0 Å². The van der Waals surface area contributed by atoms with Gasteiger partial charge in [0.1, 0.15) is 5.76 Å². The van der Waals surface area contributed by atoms with Gasteiger partial charge in [-0.25, -0.2) is 4.21 Å². The lowest BCUT2D eigenvalue weighted by Gasteiger charge is -2.24. The molecule has 10 nitrogen and oxygen atoms in total. The zero-order valence-corrected chi connectivity index (χ0v) is 20.8. The van der Waals surface area contributed by atoms with Gasteiger partial charge in [-0.3, -0.25) is 4.79 Å². The summed E-state index contributed by atoms with van der Waals surface area (Å²) < 4.78 is 26.0. The molecule has 2 aromatic rings. The van der Waals surface area contributed by atoms with Crippen LogP contribution in [-0.4, -0.2) is 56.1 Å². The van der Waals surface area contributed by atoms with Gasteiger partial charge in [-0.1, -0.05) is 26.8 Å². The Hall–Kier alpha value is -3.18. The highest BCUT2D eigenvalue weighted by Crippen LogP contribution is 2.31. The summed E-state index contributed by atoms with van der Waals surface area (Å²) in [4.78, 5) is 14.6. The number of nitrogens with one attached hydrogen (secondary N) is 2. The molecule has 0 aliphatic carbocycles. The molecule has 2 aliphatic rings. The monoisotopic (exact) mass is 501 g/mol. The van der Waals surface area contributed by atoms with Crippen LogP contribution in [0.15, 0.2) is 43.7 Å². The predicted molar refractivity (Wildman–Crippen MR) is 135 cm³/mol. The summed E-state index contributed by atoms with van der Waals surface area (Å²) >= 11 is -1.83. The first-order valence-corrected chi connectivity index (χ1v) is 12.8. The van der Waals surface area contributed by atoms with Crippen molar-refractivity contribution in [2.24, 2.45) is 8.80 Å². The molecule has 188 valence electrons. The highest BCUT2D eigenvalue weighted by atomic mass is 32.2. The Kier molecular flexibility index (Phi) is 7.56. The minimum Gasteiger partial charge on any atom is -0.505 e. The molecule has 2 aliphatic heterocycles. The van der Waals surface area contributed by atoms with Crippen LogP contribution >= 0.6 is 0 Å². The van der Waals surface area contributed by atoms with Crippen LogP contribution in [0.25, 0.3) is 0 Å². The highest BCUT2D eigenvalue weighted by Gasteiger charge is 2.31. The number of carbonyl (C=O) groups excluding carboxylic acids is 1. The smallest absolute Gasteiger partial charge is 0.269 e. The second-order valence-corrected chi connectivity index (χ2v) is 9.78. The molecule has 3 heterocycles. The largest absolute Gasteiger partial charge is 0.505 e. The van der Waals surface area contributed by atoms with E-state index >= 15 is 0 Å². The number of nitrogens with zero attached hydrogens (tertiary/aromatic N) is 3. The van der Waals surface area contributed by atoms with Gasteiger partial charge in [-0.05, 0) is 48.9 Å². The predicted octanol–water partition coefficient (Wildman–Crippen LogP) is 3.25. The van der Waals surface area contributed by atoms with Gasteiger partial charge < -0.3 is 30.2 Å². The fourth-order valence-electron chi connectivity index (χ4n) is 4.23. The van der Waals surface area contributed by atoms with Crippen LogP contribution in [0.1, 0.15) is 73.7 Å². The molecule has 1 aromatic carbocycles. The average molecular weight is 502 g/mol. The van der Waals surface area contributed by atoms with Gasteiger partial charge in [0.15, 0.2) is 17.4 Å². The number of aliphatic hydroxyl groups excluding tert-OH is 1. The number of hydrogen-bond acceptors (Lipinski definition) is 7. The SMILES string of the molecule is CC[C@@H](NC1=NS(=O)N=C1Nc1cccc(C(=O)N2CCCC2CO)c1O)c1cc(C(C)C)co1. The molecule has 1 aromatic heterocycles. The molecule has 0 spiro atoms. The Morgan fingerprint density at radius 3 is 2.77 bits per heavy atom. The number of amidine groups is 2. The zero-order valence-electron chi connectivity index (χ0n) is 20.0. The van der Waals surface area contributed by atoms with Crippen molar-refractivity contribution >= 4 is 34.4 Å². The first-order chi connectivity index (χ1) is 16.8. The van der Waals surface area contributed by atoms with Crippen LogP contribution in [0.2, 0.25) is 0 Å². The lowest BCUT2D eigenvalue weighted by Crippen LogP contribution is -2.38. The van der Waals surface area contributed by atoms with Gasteiger partial charge in [-0.15, -0.1) is 8.80 Å². The molecule has 3 atom stereocenters. The summed E-state index contributed by atoms with van der Waals surface area (Å²) in [5, 5.41) is 26.6. The topological polar surface area (TPSA) is 140 Å².